The van der Waals surface area contributed by atoms with Gasteiger partial charge in [0.1, 0.15) is 6.10 Å². The second-order valence-electron chi connectivity index (χ2n) is 15.3. The normalized spacial score (nSPS) is 35.6. The average molecular weight is 577 g/mol. The zero-order chi connectivity index (χ0) is 30.2. The molecule has 0 spiro atoms. The highest BCUT2D eigenvalue weighted by Crippen LogP contribution is 2.67. The Morgan fingerprint density at radius 1 is 1.05 bits per heavy atom. The number of carbonyl (C=O) groups excluding carboxylic acids is 1. The molecule has 1 aromatic carbocycles. The molecular weight excluding hydrogens is 520 g/mol. The molecule has 0 aromatic heterocycles. The fourth-order valence-electron chi connectivity index (χ4n) is 9.93. The Hall–Kier alpha value is -2.23. The van der Waals surface area contributed by atoms with Gasteiger partial charge in [-0.25, -0.2) is 4.79 Å². The number of methoxy groups -OCH3 is 1. The second kappa shape index (κ2) is 12.4. The van der Waals surface area contributed by atoms with Crippen LogP contribution < -0.4 is 4.74 Å². The molecule has 5 unspecified atom stereocenters. The molecule has 1 aromatic rings. The third-order valence-corrected chi connectivity index (χ3v) is 12.9. The third-order valence-electron chi connectivity index (χ3n) is 12.9. The number of phenols is 1. The van der Waals surface area contributed by atoms with Crippen molar-refractivity contribution in [3.63, 3.8) is 0 Å². The number of hydrogen-bond acceptors (Lipinski definition) is 4. The van der Waals surface area contributed by atoms with Crippen molar-refractivity contribution >= 4 is 12.0 Å². The number of esters is 1. The fourth-order valence-corrected chi connectivity index (χ4v) is 9.93. The Morgan fingerprint density at radius 2 is 1.83 bits per heavy atom. The van der Waals surface area contributed by atoms with Gasteiger partial charge < -0.3 is 14.6 Å². The van der Waals surface area contributed by atoms with Crippen molar-refractivity contribution in [2.75, 3.05) is 7.11 Å². The number of hydrogen-bond donors (Lipinski definition) is 1. The fraction of sp³-hybridized carbons (Fsp3) is 0.711. The van der Waals surface area contributed by atoms with Gasteiger partial charge in [-0.1, -0.05) is 72.1 Å². The molecule has 0 aliphatic heterocycles. The van der Waals surface area contributed by atoms with Gasteiger partial charge >= 0.3 is 5.97 Å². The molecular formula is C38H56O4. The van der Waals surface area contributed by atoms with Gasteiger partial charge in [0.25, 0.3) is 0 Å². The molecule has 0 amide bonds. The first-order valence-electron chi connectivity index (χ1n) is 16.9. The lowest BCUT2D eigenvalue weighted by Crippen LogP contribution is -2.51. The Balaban J connectivity index is 1.21. The van der Waals surface area contributed by atoms with E-state index in [1.54, 1.807) is 29.8 Å². The van der Waals surface area contributed by atoms with Gasteiger partial charge in [-0.15, -0.1) is 0 Å². The monoisotopic (exact) mass is 576 g/mol. The molecule has 0 heterocycles. The lowest BCUT2D eigenvalue weighted by atomic mass is 9.47. The van der Waals surface area contributed by atoms with Crippen LogP contribution in [0.5, 0.6) is 11.5 Å². The Kier molecular flexibility index (Phi) is 9.22. The molecule has 4 aliphatic carbocycles. The summed E-state index contributed by atoms with van der Waals surface area (Å²) in [4.78, 5) is 12.7. The van der Waals surface area contributed by atoms with Crippen LogP contribution in [0.1, 0.15) is 111 Å². The summed E-state index contributed by atoms with van der Waals surface area (Å²) in [6.45, 7) is 15.0. The Labute approximate surface area is 255 Å². The van der Waals surface area contributed by atoms with Crippen molar-refractivity contribution in [3.8, 4) is 11.5 Å². The predicted molar refractivity (Wildman–Crippen MR) is 171 cm³/mol. The molecule has 0 radical (unpaired) electrons. The molecule has 0 bridgehead atoms. The minimum Gasteiger partial charge on any atom is -0.504 e. The molecule has 4 aliphatic rings. The van der Waals surface area contributed by atoms with E-state index in [1.165, 1.54) is 58.1 Å². The summed E-state index contributed by atoms with van der Waals surface area (Å²) in [7, 11) is 1.52. The molecule has 5 rings (SSSR count). The maximum absolute atomic E-state index is 12.7. The average Bonchev–Trinajstić information content (AvgIpc) is 3.32. The lowest BCUT2D eigenvalue weighted by molar-refractivity contribution is -0.145. The van der Waals surface area contributed by atoms with E-state index in [0.29, 0.717) is 11.2 Å². The third kappa shape index (κ3) is 5.93. The summed E-state index contributed by atoms with van der Waals surface area (Å²) in [5.74, 6) is 5.94. The van der Waals surface area contributed by atoms with Crippen LogP contribution in [-0.2, 0) is 9.53 Å². The van der Waals surface area contributed by atoms with E-state index in [-0.39, 0.29) is 23.2 Å². The predicted octanol–water partition coefficient (Wildman–Crippen LogP) is 9.61. The van der Waals surface area contributed by atoms with Gasteiger partial charge in [0.2, 0.25) is 0 Å². The molecule has 0 saturated heterocycles. The largest absolute Gasteiger partial charge is 0.504 e. The summed E-state index contributed by atoms with van der Waals surface area (Å²) < 4.78 is 11.1. The number of ether oxygens (including phenoxy) is 2. The molecule has 3 fully saturated rings. The van der Waals surface area contributed by atoms with Crippen molar-refractivity contribution < 1.29 is 19.4 Å². The lowest BCUT2D eigenvalue weighted by Gasteiger charge is -2.58. The van der Waals surface area contributed by atoms with Crippen molar-refractivity contribution in [1.29, 1.82) is 0 Å². The molecule has 232 valence electrons. The van der Waals surface area contributed by atoms with Crippen molar-refractivity contribution in [3.05, 3.63) is 41.5 Å². The van der Waals surface area contributed by atoms with Crippen LogP contribution in [0.4, 0.5) is 0 Å². The van der Waals surface area contributed by atoms with Gasteiger partial charge in [-0.3, -0.25) is 0 Å². The van der Waals surface area contributed by atoms with E-state index in [4.69, 9.17) is 9.47 Å². The number of benzene rings is 1. The van der Waals surface area contributed by atoms with Crippen LogP contribution >= 0.6 is 0 Å². The first kappa shape index (κ1) is 31.2. The highest BCUT2D eigenvalue weighted by atomic mass is 16.5. The topological polar surface area (TPSA) is 55.8 Å². The number of rotatable bonds is 9. The van der Waals surface area contributed by atoms with Gasteiger partial charge in [0.05, 0.1) is 7.11 Å². The molecule has 9 atom stereocenters. The van der Waals surface area contributed by atoms with Gasteiger partial charge in [-0.05, 0) is 121 Å². The minimum absolute atomic E-state index is 0.0498. The van der Waals surface area contributed by atoms with E-state index >= 15 is 0 Å². The number of fused-ring (bicyclic) bond motifs is 5. The van der Waals surface area contributed by atoms with E-state index in [2.05, 4.69) is 47.6 Å². The first-order chi connectivity index (χ1) is 20.0. The second-order valence-corrected chi connectivity index (χ2v) is 15.3. The van der Waals surface area contributed by atoms with Crippen LogP contribution in [0.2, 0.25) is 0 Å². The SMILES string of the molecule is COc1cc(/C=C/C(=O)O[C@H]2CC[C@@]3(C)C(=CCC4C5CCC([C@H](C)CCC(C)C(C)C)[C@@]5(C)CCC43)C2)ccc1O. The van der Waals surface area contributed by atoms with E-state index in [1.807, 2.05) is 0 Å². The van der Waals surface area contributed by atoms with Crippen LogP contribution in [0, 0.1) is 52.3 Å². The zero-order valence-corrected chi connectivity index (χ0v) is 27.3. The highest BCUT2D eigenvalue weighted by molar-refractivity contribution is 5.87. The van der Waals surface area contributed by atoms with Crippen molar-refractivity contribution in [2.45, 2.75) is 112 Å². The standard InChI is InChI=1S/C38H56O4/c1-24(2)25(3)8-9-26(4)31-14-15-32-30-13-12-28-23-29(18-20-37(28,5)33(30)19-21-38(31,32)6)42-36(40)17-11-27-10-16-34(39)35(22-27)41-7/h10-12,16-17,22,24-26,29-33,39H,8-9,13-15,18-21,23H2,1-7H3/b17-11+/t25?,26-,29+,30?,31?,32?,33?,37+,38-/m1/s1. The van der Waals surface area contributed by atoms with Crippen LogP contribution in [0.3, 0.4) is 0 Å². The number of aromatic hydroxyl groups is 1. The molecule has 1 N–H and O–H groups in total. The van der Waals surface area contributed by atoms with Gasteiger partial charge in [0.15, 0.2) is 11.5 Å². The summed E-state index contributed by atoms with van der Waals surface area (Å²) in [5, 5.41) is 9.81. The van der Waals surface area contributed by atoms with Gasteiger partial charge in [-0.2, -0.15) is 0 Å². The smallest absolute Gasteiger partial charge is 0.331 e. The highest BCUT2D eigenvalue weighted by Gasteiger charge is 2.59. The van der Waals surface area contributed by atoms with Crippen molar-refractivity contribution in [2.24, 2.45) is 52.3 Å². The van der Waals surface area contributed by atoms with Gasteiger partial charge in [0, 0.05) is 12.5 Å². The van der Waals surface area contributed by atoms with Crippen LogP contribution in [0.25, 0.3) is 6.08 Å². The summed E-state index contributed by atoms with van der Waals surface area (Å²) >= 11 is 0. The number of carbonyl (C=O) groups is 1. The molecule has 42 heavy (non-hydrogen) atoms. The zero-order valence-electron chi connectivity index (χ0n) is 27.3. The van der Waals surface area contributed by atoms with Crippen LogP contribution in [-0.4, -0.2) is 24.3 Å². The van der Waals surface area contributed by atoms with E-state index in [9.17, 15) is 9.90 Å². The molecule has 3 saturated carbocycles. The molecule has 4 heteroatoms. The maximum Gasteiger partial charge on any atom is 0.331 e. The number of phenolic OH excluding ortho intramolecular Hbond substituents is 1. The quantitative estimate of drug-likeness (QED) is 0.181. The minimum atomic E-state index is -0.299. The Bertz CT molecular complexity index is 1180. The summed E-state index contributed by atoms with van der Waals surface area (Å²) in [6, 6.07) is 5.04. The van der Waals surface area contributed by atoms with E-state index in [0.717, 1.165) is 66.3 Å². The first-order valence-corrected chi connectivity index (χ1v) is 16.9. The Morgan fingerprint density at radius 3 is 2.57 bits per heavy atom. The maximum atomic E-state index is 12.7. The summed E-state index contributed by atoms with van der Waals surface area (Å²) in [5.41, 5.74) is 3.09. The summed E-state index contributed by atoms with van der Waals surface area (Å²) in [6.07, 6.45) is 18.3. The number of allylic oxidation sites excluding steroid dienone is 1. The van der Waals surface area contributed by atoms with Crippen molar-refractivity contribution in [1.82, 2.24) is 0 Å². The van der Waals surface area contributed by atoms with Crippen LogP contribution in [0.15, 0.2) is 35.9 Å². The molecule has 4 nitrogen and oxygen atoms in total. The van der Waals surface area contributed by atoms with E-state index < -0.39 is 0 Å².